The van der Waals surface area contributed by atoms with E-state index in [0.29, 0.717) is 17.8 Å². The molecule has 0 spiro atoms. The molecule has 1 aromatic rings. The average Bonchev–Trinajstić information content (AvgIpc) is 2.20. The summed E-state index contributed by atoms with van der Waals surface area (Å²) in [7, 11) is 0. The van der Waals surface area contributed by atoms with Gasteiger partial charge in [-0.1, -0.05) is 19.9 Å². The van der Waals surface area contributed by atoms with Crippen LogP contribution in [-0.2, 0) is 0 Å². The molecule has 0 aliphatic rings. The van der Waals surface area contributed by atoms with E-state index in [1.165, 1.54) is 5.56 Å². The first-order valence-electron chi connectivity index (χ1n) is 5.38. The molecule has 0 aliphatic carbocycles. The molecule has 0 amide bonds. The van der Waals surface area contributed by atoms with Gasteiger partial charge in [-0.15, -0.1) is 11.6 Å². The number of pyridine rings is 1. The van der Waals surface area contributed by atoms with Gasteiger partial charge in [-0.25, -0.2) is 4.98 Å². The van der Waals surface area contributed by atoms with Crippen LogP contribution in [0.15, 0.2) is 18.3 Å². The van der Waals surface area contributed by atoms with Crippen LogP contribution in [0.1, 0.15) is 25.8 Å². The summed E-state index contributed by atoms with van der Waals surface area (Å²) in [6.07, 6.45) is 2.84. The maximum absolute atomic E-state index is 5.77. The largest absolute Gasteiger partial charge is 0.367 e. The van der Waals surface area contributed by atoms with E-state index < -0.39 is 0 Å². The lowest BCUT2D eigenvalue weighted by atomic mass is 10.0. The minimum absolute atomic E-state index is 0.401. The van der Waals surface area contributed by atoms with E-state index in [9.17, 15) is 0 Å². The van der Waals surface area contributed by atoms with Gasteiger partial charge in [-0.05, 0) is 30.9 Å². The fourth-order valence-corrected chi connectivity index (χ4v) is 1.67. The third kappa shape index (κ3) is 4.08. The number of aromatic nitrogens is 1. The fourth-order valence-electron chi connectivity index (χ4n) is 1.43. The molecule has 3 heteroatoms. The molecule has 0 radical (unpaired) electrons. The molecule has 1 N–H and O–H groups in total. The summed E-state index contributed by atoms with van der Waals surface area (Å²) in [5, 5.41) is 3.41. The minimum atomic E-state index is 0.401. The normalized spacial score (nSPS) is 12.9. The van der Waals surface area contributed by atoms with Gasteiger partial charge in [0, 0.05) is 18.1 Å². The summed E-state index contributed by atoms with van der Waals surface area (Å²) in [5.74, 6) is 2.18. The second-order valence-corrected chi connectivity index (χ2v) is 4.57. The smallest absolute Gasteiger partial charge is 0.126 e. The Kier molecular flexibility index (Phi) is 4.89. The van der Waals surface area contributed by atoms with Crippen molar-refractivity contribution in [2.45, 2.75) is 33.2 Å². The van der Waals surface area contributed by atoms with E-state index >= 15 is 0 Å². The van der Waals surface area contributed by atoms with Crippen molar-refractivity contribution < 1.29 is 0 Å². The summed E-state index contributed by atoms with van der Waals surface area (Å²) >= 11 is 5.77. The standard InChI is InChI=1S/C12H19ClN2/c1-9(2)11(6-7-13)15-12-5-4-10(3)8-14-12/h4-5,8-9,11H,6-7H2,1-3H3,(H,14,15). The van der Waals surface area contributed by atoms with Crippen molar-refractivity contribution >= 4 is 17.4 Å². The molecule has 15 heavy (non-hydrogen) atoms. The molecule has 1 aromatic heterocycles. The van der Waals surface area contributed by atoms with Crippen LogP contribution in [-0.4, -0.2) is 16.9 Å². The molecule has 2 nitrogen and oxygen atoms in total. The van der Waals surface area contributed by atoms with Gasteiger partial charge in [-0.2, -0.15) is 0 Å². The van der Waals surface area contributed by atoms with Crippen molar-refractivity contribution in [1.29, 1.82) is 0 Å². The van der Waals surface area contributed by atoms with Crippen LogP contribution in [0.4, 0.5) is 5.82 Å². The van der Waals surface area contributed by atoms with Gasteiger partial charge in [0.1, 0.15) is 5.82 Å². The SMILES string of the molecule is Cc1ccc(NC(CCCl)C(C)C)nc1. The first-order valence-corrected chi connectivity index (χ1v) is 5.92. The molecule has 1 unspecified atom stereocenters. The minimum Gasteiger partial charge on any atom is -0.367 e. The Morgan fingerprint density at radius 3 is 2.60 bits per heavy atom. The van der Waals surface area contributed by atoms with E-state index in [2.05, 4.69) is 30.2 Å². The number of nitrogens with zero attached hydrogens (tertiary/aromatic N) is 1. The first-order chi connectivity index (χ1) is 7.13. The molecule has 0 fully saturated rings. The van der Waals surface area contributed by atoms with Crippen molar-refractivity contribution in [3.05, 3.63) is 23.9 Å². The maximum atomic E-state index is 5.77. The Bertz CT molecular complexity index is 282. The third-order valence-electron chi connectivity index (χ3n) is 2.47. The highest BCUT2D eigenvalue weighted by Crippen LogP contribution is 2.14. The first kappa shape index (κ1) is 12.3. The predicted octanol–water partition coefficient (Wildman–Crippen LogP) is 3.46. The van der Waals surface area contributed by atoms with E-state index in [-0.39, 0.29) is 0 Å². The van der Waals surface area contributed by atoms with Crippen molar-refractivity contribution in [1.82, 2.24) is 4.98 Å². The lowest BCUT2D eigenvalue weighted by Gasteiger charge is -2.21. The highest BCUT2D eigenvalue weighted by atomic mass is 35.5. The lowest BCUT2D eigenvalue weighted by Crippen LogP contribution is -2.26. The molecule has 0 bridgehead atoms. The van der Waals surface area contributed by atoms with Crippen LogP contribution >= 0.6 is 11.6 Å². The zero-order valence-electron chi connectivity index (χ0n) is 9.63. The van der Waals surface area contributed by atoms with Crippen molar-refractivity contribution in [2.24, 2.45) is 5.92 Å². The van der Waals surface area contributed by atoms with Gasteiger partial charge in [-0.3, -0.25) is 0 Å². The van der Waals surface area contributed by atoms with Gasteiger partial charge < -0.3 is 5.32 Å². The summed E-state index contributed by atoms with van der Waals surface area (Å²) in [6.45, 7) is 6.42. The van der Waals surface area contributed by atoms with Crippen molar-refractivity contribution in [2.75, 3.05) is 11.2 Å². The van der Waals surface area contributed by atoms with Gasteiger partial charge in [0.15, 0.2) is 0 Å². The number of hydrogen-bond donors (Lipinski definition) is 1. The number of rotatable bonds is 5. The molecular weight excluding hydrogens is 208 g/mol. The number of alkyl halides is 1. The number of aryl methyl sites for hydroxylation is 1. The summed E-state index contributed by atoms with van der Waals surface area (Å²) < 4.78 is 0. The molecule has 0 aliphatic heterocycles. The van der Waals surface area contributed by atoms with Gasteiger partial charge in [0.25, 0.3) is 0 Å². The number of nitrogens with one attached hydrogen (secondary N) is 1. The Labute approximate surface area is 97.1 Å². The molecule has 1 heterocycles. The van der Waals surface area contributed by atoms with Crippen LogP contribution < -0.4 is 5.32 Å². The highest BCUT2D eigenvalue weighted by Gasteiger charge is 2.12. The molecule has 1 rings (SSSR count). The van der Waals surface area contributed by atoms with E-state index in [1.54, 1.807) is 0 Å². The number of halogens is 1. The van der Waals surface area contributed by atoms with Gasteiger partial charge >= 0.3 is 0 Å². The lowest BCUT2D eigenvalue weighted by molar-refractivity contribution is 0.512. The van der Waals surface area contributed by atoms with Crippen LogP contribution in [0.5, 0.6) is 0 Å². The highest BCUT2D eigenvalue weighted by molar-refractivity contribution is 6.17. The summed E-state index contributed by atoms with van der Waals surface area (Å²) in [5.41, 5.74) is 1.18. The van der Waals surface area contributed by atoms with E-state index in [4.69, 9.17) is 11.6 Å². The molecule has 0 saturated heterocycles. The van der Waals surface area contributed by atoms with E-state index in [1.807, 2.05) is 19.2 Å². The van der Waals surface area contributed by atoms with Gasteiger partial charge in [0.05, 0.1) is 0 Å². The quantitative estimate of drug-likeness (QED) is 0.778. The average molecular weight is 227 g/mol. The second-order valence-electron chi connectivity index (χ2n) is 4.19. The molecule has 0 saturated carbocycles. The molecule has 84 valence electrons. The third-order valence-corrected chi connectivity index (χ3v) is 2.69. The zero-order valence-corrected chi connectivity index (χ0v) is 10.4. The van der Waals surface area contributed by atoms with Crippen LogP contribution in [0.3, 0.4) is 0 Å². The maximum Gasteiger partial charge on any atom is 0.126 e. The van der Waals surface area contributed by atoms with Gasteiger partial charge in [0.2, 0.25) is 0 Å². The fraction of sp³-hybridized carbons (Fsp3) is 0.583. The Morgan fingerprint density at radius 2 is 2.13 bits per heavy atom. The van der Waals surface area contributed by atoms with Crippen molar-refractivity contribution in [3.8, 4) is 0 Å². The monoisotopic (exact) mass is 226 g/mol. The molecular formula is C12H19ClN2. The predicted molar refractivity (Wildman–Crippen MR) is 66.6 cm³/mol. The topological polar surface area (TPSA) is 24.9 Å². The summed E-state index contributed by atoms with van der Waals surface area (Å²) in [4.78, 5) is 4.33. The van der Waals surface area contributed by atoms with E-state index in [0.717, 1.165) is 12.2 Å². The molecule has 1 atom stereocenters. The number of hydrogen-bond acceptors (Lipinski definition) is 2. The van der Waals surface area contributed by atoms with Crippen LogP contribution in [0.25, 0.3) is 0 Å². The Morgan fingerprint density at radius 1 is 1.40 bits per heavy atom. The van der Waals surface area contributed by atoms with Crippen LogP contribution in [0.2, 0.25) is 0 Å². The van der Waals surface area contributed by atoms with Crippen LogP contribution in [0, 0.1) is 12.8 Å². The Balaban J connectivity index is 2.61. The molecule has 0 aromatic carbocycles. The Hall–Kier alpha value is -0.760. The van der Waals surface area contributed by atoms with Crippen molar-refractivity contribution in [3.63, 3.8) is 0 Å². The summed E-state index contributed by atoms with van der Waals surface area (Å²) in [6, 6.07) is 4.48. The number of anilines is 1. The zero-order chi connectivity index (χ0) is 11.3. The second kappa shape index (κ2) is 5.96.